The first-order valence-corrected chi connectivity index (χ1v) is 19.3. The van der Waals surface area contributed by atoms with Crippen LogP contribution in [0.2, 0.25) is 0 Å². The Morgan fingerprint density at radius 1 is 0.385 bits per heavy atom. The van der Waals surface area contributed by atoms with E-state index in [4.69, 9.17) is 0 Å². The second-order valence-electron chi connectivity index (χ2n) is 15.7. The summed E-state index contributed by atoms with van der Waals surface area (Å²) in [6.07, 6.45) is 0. The lowest BCUT2D eigenvalue weighted by Crippen LogP contribution is -2.19. The van der Waals surface area contributed by atoms with Crippen LogP contribution >= 0.6 is 11.3 Å². The summed E-state index contributed by atoms with van der Waals surface area (Å²) in [5, 5.41) is 2.68. The van der Waals surface area contributed by atoms with Crippen LogP contribution in [0.5, 0.6) is 0 Å². The Morgan fingerprint density at radius 2 is 0.904 bits per heavy atom. The summed E-state index contributed by atoms with van der Waals surface area (Å²) in [5.41, 5.74) is 17.6. The Kier molecular flexibility index (Phi) is 6.91. The number of hydrogen-bond acceptors (Lipinski definition) is 1. The molecule has 2 aliphatic carbocycles. The van der Waals surface area contributed by atoms with Crippen LogP contribution in [0.15, 0.2) is 164 Å². The normalized spacial score (nSPS) is 15.8. The summed E-state index contributed by atoms with van der Waals surface area (Å²) in [7, 11) is 0. The van der Waals surface area contributed by atoms with Gasteiger partial charge in [-0.05, 0) is 90.5 Å². The molecule has 1 atom stereocenters. The number of hydrogen-bond donors (Lipinski definition) is 0. The highest BCUT2D eigenvalue weighted by Crippen LogP contribution is 2.62. The second kappa shape index (κ2) is 11.5. The number of benzene rings is 7. The van der Waals surface area contributed by atoms with E-state index in [0.29, 0.717) is 0 Å². The molecule has 0 spiro atoms. The molecule has 10 rings (SSSR count). The van der Waals surface area contributed by atoms with Crippen LogP contribution in [0, 0.1) is 0 Å². The molecule has 1 unspecified atom stereocenters. The Hall–Kier alpha value is -5.50. The highest BCUT2D eigenvalue weighted by atomic mass is 32.1. The van der Waals surface area contributed by atoms with E-state index in [1.807, 2.05) is 11.3 Å². The number of rotatable bonds is 5. The van der Waals surface area contributed by atoms with Crippen LogP contribution < -0.4 is 0 Å². The maximum Gasteiger partial charge on any atom is 0.0358 e. The molecule has 0 N–H and O–H groups in total. The molecule has 0 saturated heterocycles. The van der Waals surface area contributed by atoms with E-state index < -0.39 is 0 Å². The number of fused-ring (bicyclic) bond motifs is 7. The number of thiophene rings is 1. The van der Waals surface area contributed by atoms with Crippen LogP contribution in [0.25, 0.3) is 53.6 Å². The van der Waals surface area contributed by atoms with Gasteiger partial charge >= 0.3 is 0 Å². The molecule has 0 fully saturated rings. The standard InChI is InChI=1S/C51H40S/c1-50(2)43-16-10-8-15-41(43)48-49(50)42-29-26-37(30-44(42)51(48,3)4)34-20-24-36(25-21-34)47(35-22-18-33(19-23-35)32-12-6-5-7-13-32)38-27-28-40-39-14-9-11-17-45(39)52-46(40)31-38/h5-31,47H,1-4H3. The lowest BCUT2D eigenvalue weighted by atomic mass is 9.75. The minimum absolute atomic E-state index is 0.00915. The van der Waals surface area contributed by atoms with Crippen molar-refractivity contribution in [2.75, 3.05) is 0 Å². The highest BCUT2D eigenvalue weighted by Gasteiger charge is 2.49. The fourth-order valence-corrected chi connectivity index (χ4v) is 10.6. The molecule has 8 aromatic rings. The maximum absolute atomic E-state index is 2.47. The van der Waals surface area contributed by atoms with Gasteiger partial charge in [0.2, 0.25) is 0 Å². The van der Waals surface area contributed by atoms with Crippen molar-refractivity contribution in [2.24, 2.45) is 0 Å². The van der Waals surface area contributed by atoms with Crippen molar-refractivity contribution in [3.05, 3.63) is 203 Å². The van der Waals surface area contributed by atoms with Crippen molar-refractivity contribution in [2.45, 2.75) is 44.4 Å². The summed E-state index contributed by atoms with van der Waals surface area (Å²) in [6, 6.07) is 61.4. The zero-order chi connectivity index (χ0) is 35.2. The smallest absolute Gasteiger partial charge is 0.0358 e. The lowest BCUT2D eigenvalue weighted by Gasteiger charge is -2.28. The monoisotopic (exact) mass is 684 g/mol. The van der Waals surface area contributed by atoms with E-state index in [0.717, 1.165) is 0 Å². The SMILES string of the molecule is CC1(C)C2=C(c3ccccc31)C(C)(C)c1cc(-c3ccc(C(c4ccc(-c5ccccc5)cc4)c4ccc5c(c4)sc4ccccc45)cc3)ccc12. The van der Waals surface area contributed by atoms with Crippen LogP contribution in [0.4, 0.5) is 0 Å². The van der Waals surface area contributed by atoms with Crippen LogP contribution in [-0.4, -0.2) is 0 Å². The molecule has 0 nitrogen and oxygen atoms in total. The highest BCUT2D eigenvalue weighted by molar-refractivity contribution is 7.25. The van der Waals surface area contributed by atoms with Crippen molar-refractivity contribution >= 4 is 42.7 Å². The fraction of sp³-hybridized carbons (Fsp3) is 0.137. The van der Waals surface area contributed by atoms with Crippen LogP contribution in [-0.2, 0) is 10.8 Å². The first-order valence-electron chi connectivity index (χ1n) is 18.5. The minimum atomic E-state index is -0.0628. The molecule has 0 saturated carbocycles. The van der Waals surface area contributed by atoms with Gasteiger partial charge in [-0.15, -0.1) is 11.3 Å². The summed E-state index contributed by atoms with van der Waals surface area (Å²) in [5.74, 6) is 0.113. The third kappa shape index (κ3) is 4.65. The maximum atomic E-state index is 2.47. The first kappa shape index (κ1) is 31.3. The zero-order valence-electron chi connectivity index (χ0n) is 30.1. The summed E-state index contributed by atoms with van der Waals surface area (Å²) in [4.78, 5) is 0. The third-order valence-corrected chi connectivity index (χ3v) is 13.1. The van der Waals surface area contributed by atoms with E-state index in [1.54, 1.807) is 0 Å². The molecule has 0 aliphatic heterocycles. The van der Waals surface area contributed by atoms with Gasteiger partial charge in [0, 0.05) is 36.9 Å². The summed E-state index contributed by atoms with van der Waals surface area (Å²) < 4.78 is 2.68. The molecular weight excluding hydrogens is 645 g/mol. The van der Waals surface area contributed by atoms with Gasteiger partial charge in [-0.2, -0.15) is 0 Å². The van der Waals surface area contributed by atoms with Gasteiger partial charge < -0.3 is 0 Å². The molecule has 1 heterocycles. The van der Waals surface area contributed by atoms with Crippen molar-refractivity contribution in [3.63, 3.8) is 0 Å². The topological polar surface area (TPSA) is 0 Å². The second-order valence-corrected chi connectivity index (χ2v) is 16.8. The quantitative estimate of drug-likeness (QED) is 0.158. The molecule has 1 heteroatoms. The van der Waals surface area contributed by atoms with Crippen molar-refractivity contribution < 1.29 is 0 Å². The van der Waals surface area contributed by atoms with E-state index in [9.17, 15) is 0 Å². The Bertz CT molecular complexity index is 2700. The van der Waals surface area contributed by atoms with Gasteiger partial charge in [0.05, 0.1) is 0 Å². The average Bonchev–Trinajstić information content (AvgIpc) is 3.76. The molecule has 2 aliphatic rings. The lowest BCUT2D eigenvalue weighted by molar-refractivity contribution is 0.694. The van der Waals surface area contributed by atoms with E-state index >= 15 is 0 Å². The third-order valence-electron chi connectivity index (χ3n) is 12.0. The molecular formula is C51H40S. The van der Waals surface area contributed by atoms with Crippen LogP contribution in [0.1, 0.15) is 72.6 Å². The predicted molar refractivity (Wildman–Crippen MR) is 223 cm³/mol. The largest absolute Gasteiger partial charge is 0.135 e. The first-order chi connectivity index (χ1) is 25.3. The number of allylic oxidation sites excluding steroid dienone is 2. The fourth-order valence-electron chi connectivity index (χ4n) is 9.41. The Balaban J connectivity index is 1.04. The van der Waals surface area contributed by atoms with Gasteiger partial charge in [0.1, 0.15) is 0 Å². The van der Waals surface area contributed by atoms with E-state index in [1.165, 1.54) is 92.5 Å². The van der Waals surface area contributed by atoms with E-state index in [-0.39, 0.29) is 16.7 Å². The Labute approximate surface area is 310 Å². The van der Waals surface area contributed by atoms with Gasteiger partial charge in [0.15, 0.2) is 0 Å². The molecule has 0 bridgehead atoms. The molecule has 7 aromatic carbocycles. The van der Waals surface area contributed by atoms with Crippen molar-refractivity contribution in [1.82, 2.24) is 0 Å². The van der Waals surface area contributed by atoms with Gasteiger partial charge in [-0.25, -0.2) is 0 Å². The van der Waals surface area contributed by atoms with E-state index in [2.05, 4.69) is 191 Å². The van der Waals surface area contributed by atoms with Gasteiger partial charge in [-0.3, -0.25) is 0 Å². The van der Waals surface area contributed by atoms with Gasteiger partial charge in [0.25, 0.3) is 0 Å². The van der Waals surface area contributed by atoms with Crippen molar-refractivity contribution in [3.8, 4) is 22.3 Å². The molecule has 0 amide bonds. The molecule has 0 radical (unpaired) electrons. The molecule has 250 valence electrons. The summed E-state index contributed by atoms with van der Waals surface area (Å²) >= 11 is 1.89. The van der Waals surface area contributed by atoms with Gasteiger partial charge in [-0.1, -0.05) is 173 Å². The minimum Gasteiger partial charge on any atom is -0.135 e. The summed E-state index contributed by atoms with van der Waals surface area (Å²) in [6.45, 7) is 9.63. The van der Waals surface area contributed by atoms with Crippen molar-refractivity contribution in [1.29, 1.82) is 0 Å². The Morgan fingerprint density at radius 3 is 1.63 bits per heavy atom. The molecule has 1 aromatic heterocycles. The molecule has 52 heavy (non-hydrogen) atoms. The zero-order valence-corrected chi connectivity index (χ0v) is 30.9. The average molecular weight is 685 g/mol. The van der Waals surface area contributed by atoms with Crippen LogP contribution in [0.3, 0.4) is 0 Å². The predicted octanol–water partition coefficient (Wildman–Crippen LogP) is 14.1.